The highest BCUT2D eigenvalue weighted by Gasteiger charge is 2.11. The predicted octanol–water partition coefficient (Wildman–Crippen LogP) is 2.70. The normalized spacial score (nSPS) is 11.4. The Morgan fingerprint density at radius 1 is 1.04 bits per heavy atom. The second-order valence-electron chi connectivity index (χ2n) is 5.80. The minimum Gasteiger partial charge on any atom is -0.497 e. The summed E-state index contributed by atoms with van der Waals surface area (Å²) in [5, 5.41) is 2.78. The molecule has 0 aliphatic rings. The Kier molecular flexibility index (Phi) is 7.01. The highest BCUT2D eigenvalue weighted by molar-refractivity contribution is 5.81. The molecule has 2 rings (SSSR count). The second-order valence-corrected chi connectivity index (χ2v) is 5.80. The Bertz CT molecular complexity index is 683. The van der Waals surface area contributed by atoms with E-state index in [0.29, 0.717) is 6.54 Å². The van der Waals surface area contributed by atoms with Crippen molar-refractivity contribution in [3.63, 3.8) is 0 Å². The molecule has 1 N–H and O–H groups in total. The second kappa shape index (κ2) is 9.47. The summed E-state index contributed by atoms with van der Waals surface area (Å²) in [7, 11) is 1.58. The number of hydrogen-bond acceptors (Lipinski definition) is 4. The van der Waals surface area contributed by atoms with E-state index in [1.165, 1.54) is 0 Å². The topological polar surface area (TPSA) is 64.6 Å². The fraction of sp³-hybridized carbons (Fsp3) is 0.300. The maximum absolute atomic E-state index is 11.8. The first-order valence-electron chi connectivity index (χ1n) is 8.18. The van der Waals surface area contributed by atoms with Crippen LogP contribution in [0.4, 0.5) is 0 Å². The van der Waals surface area contributed by atoms with Gasteiger partial charge in [0.25, 0.3) is 5.91 Å². The fourth-order valence-corrected chi connectivity index (χ4v) is 2.32. The Hall–Kier alpha value is -2.82. The maximum Gasteiger partial charge on any atom is 0.310 e. The number of carbonyl (C=O) groups excluding carboxylic acids is 2. The van der Waals surface area contributed by atoms with Crippen LogP contribution in [0.25, 0.3) is 0 Å². The van der Waals surface area contributed by atoms with E-state index in [-0.39, 0.29) is 24.9 Å². The van der Waals surface area contributed by atoms with Gasteiger partial charge in [-0.1, -0.05) is 49.4 Å². The van der Waals surface area contributed by atoms with Crippen molar-refractivity contribution in [2.24, 2.45) is 0 Å². The SMILES string of the molecule is COc1ccc(CC(=O)OCC(=O)NC[C@H](C)c2ccccc2)cc1. The van der Waals surface area contributed by atoms with Gasteiger partial charge in [-0.15, -0.1) is 0 Å². The average Bonchev–Trinajstić information content (AvgIpc) is 2.65. The summed E-state index contributed by atoms with van der Waals surface area (Å²) in [5.41, 5.74) is 1.96. The number of methoxy groups -OCH3 is 1. The van der Waals surface area contributed by atoms with Gasteiger partial charge < -0.3 is 14.8 Å². The van der Waals surface area contributed by atoms with E-state index in [1.54, 1.807) is 31.4 Å². The van der Waals surface area contributed by atoms with E-state index in [4.69, 9.17) is 9.47 Å². The van der Waals surface area contributed by atoms with Crippen molar-refractivity contribution < 1.29 is 19.1 Å². The number of ether oxygens (including phenoxy) is 2. The Balaban J connectivity index is 1.69. The molecule has 1 atom stereocenters. The zero-order valence-corrected chi connectivity index (χ0v) is 14.5. The lowest BCUT2D eigenvalue weighted by Crippen LogP contribution is -2.31. The summed E-state index contributed by atoms with van der Waals surface area (Å²) in [6, 6.07) is 17.1. The number of benzene rings is 2. The Morgan fingerprint density at radius 3 is 2.36 bits per heavy atom. The standard InChI is InChI=1S/C20H23NO4/c1-15(17-6-4-3-5-7-17)13-21-19(22)14-25-20(23)12-16-8-10-18(24-2)11-9-16/h3-11,15H,12-14H2,1-2H3,(H,21,22)/t15-/m0/s1. The fourth-order valence-electron chi connectivity index (χ4n) is 2.32. The summed E-state index contributed by atoms with van der Waals surface area (Å²) in [4.78, 5) is 23.6. The molecule has 0 unspecified atom stereocenters. The quantitative estimate of drug-likeness (QED) is 0.750. The van der Waals surface area contributed by atoms with Gasteiger partial charge in [0.2, 0.25) is 0 Å². The highest BCUT2D eigenvalue weighted by atomic mass is 16.5. The molecule has 0 saturated carbocycles. The molecule has 0 aliphatic carbocycles. The summed E-state index contributed by atoms with van der Waals surface area (Å²) in [6.45, 7) is 2.26. The smallest absolute Gasteiger partial charge is 0.310 e. The largest absolute Gasteiger partial charge is 0.497 e. The third kappa shape index (κ3) is 6.30. The lowest BCUT2D eigenvalue weighted by atomic mass is 10.0. The van der Waals surface area contributed by atoms with Crippen molar-refractivity contribution in [1.29, 1.82) is 0 Å². The molecule has 1 amide bonds. The minimum absolute atomic E-state index is 0.123. The van der Waals surface area contributed by atoms with E-state index in [1.807, 2.05) is 37.3 Å². The molecule has 0 saturated heterocycles. The first kappa shape index (κ1) is 18.5. The number of esters is 1. The summed E-state index contributed by atoms with van der Waals surface area (Å²) in [6.07, 6.45) is 0.123. The highest BCUT2D eigenvalue weighted by Crippen LogP contribution is 2.13. The van der Waals surface area contributed by atoms with Gasteiger partial charge in [0.05, 0.1) is 13.5 Å². The molecular weight excluding hydrogens is 318 g/mol. The monoisotopic (exact) mass is 341 g/mol. The summed E-state index contributed by atoms with van der Waals surface area (Å²) in [5.74, 6) is 0.187. The van der Waals surface area contributed by atoms with Crippen LogP contribution in [0.15, 0.2) is 54.6 Å². The maximum atomic E-state index is 11.8. The van der Waals surface area contributed by atoms with Crippen LogP contribution < -0.4 is 10.1 Å². The zero-order chi connectivity index (χ0) is 18.1. The molecule has 0 spiro atoms. The van der Waals surface area contributed by atoms with Crippen LogP contribution in [-0.2, 0) is 20.7 Å². The average molecular weight is 341 g/mol. The number of hydrogen-bond donors (Lipinski definition) is 1. The van der Waals surface area contributed by atoms with Crippen molar-refractivity contribution in [1.82, 2.24) is 5.32 Å². The minimum atomic E-state index is -0.434. The molecule has 2 aromatic carbocycles. The molecule has 0 aliphatic heterocycles. The third-order valence-corrected chi connectivity index (χ3v) is 3.85. The van der Waals surface area contributed by atoms with Crippen molar-refractivity contribution >= 4 is 11.9 Å². The van der Waals surface area contributed by atoms with Crippen molar-refractivity contribution in [2.75, 3.05) is 20.3 Å². The van der Waals surface area contributed by atoms with Crippen molar-refractivity contribution in [3.05, 3.63) is 65.7 Å². The lowest BCUT2D eigenvalue weighted by Gasteiger charge is -2.13. The van der Waals surface area contributed by atoms with Crippen molar-refractivity contribution in [3.8, 4) is 5.75 Å². The van der Waals surface area contributed by atoms with Crippen LogP contribution in [0.3, 0.4) is 0 Å². The number of amides is 1. The van der Waals surface area contributed by atoms with E-state index >= 15 is 0 Å². The number of rotatable bonds is 8. The van der Waals surface area contributed by atoms with E-state index in [2.05, 4.69) is 5.32 Å². The lowest BCUT2D eigenvalue weighted by molar-refractivity contribution is -0.147. The molecule has 132 valence electrons. The van der Waals surface area contributed by atoms with Gasteiger partial charge in [-0.2, -0.15) is 0 Å². The van der Waals surface area contributed by atoms with Crippen LogP contribution in [0.5, 0.6) is 5.75 Å². The van der Waals surface area contributed by atoms with Gasteiger partial charge in [-0.25, -0.2) is 0 Å². The van der Waals surface area contributed by atoms with E-state index < -0.39 is 5.97 Å². The molecular formula is C20H23NO4. The third-order valence-electron chi connectivity index (χ3n) is 3.85. The van der Waals surface area contributed by atoms with Crippen LogP contribution in [0.2, 0.25) is 0 Å². The van der Waals surface area contributed by atoms with Crippen molar-refractivity contribution in [2.45, 2.75) is 19.3 Å². The van der Waals surface area contributed by atoms with Gasteiger partial charge in [-0.05, 0) is 29.2 Å². The Morgan fingerprint density at radius 2 is 1.72 bits per heavy atom. The molecule has 2 aromatic rings. The van der Waals surface area contributed by atoms with Gasteiger partial charge in [0, 0.05) is 6.54 Å². The van der Waals surface area contributed by atoms with Crippen LogP contribution in [0, 0.1) is 0 Å². The van der Waals surface area contributed by atoms with Gasteiger partial charge in [0.15, 0.2) is 6.61 Å². The zero-order valence-electron chi connectivity index (χ0n) is 14.5. The Labute approximate surface area is 148 Å². The summed E-state index contributed by atoms with van der Waals surface area (Å²) >= 11 is 0. The molecule has 0 fully saturated rings. The van der Waals surface area contributed by atoms with Gasteiger partial charge in [0.1, 0.15) is 5.75 Å². The van der Waals surface area contributed by atoms with Crippen LogP contribution in [0.1, 0.15) is 24.0 Å². The number of nitrogens with one attached hydrogen (secondary N) is 1. The first-order chi connectivity index (χ1) is 12.1. The van der Waals surface area contributed by atoms with Gasteiger partial charge >= 0.3 is 5.97 Å². The molecule has 0 radical (unpaired) electrons. The predicted molar refractivity (Wildman–Crippen MR) is 95.5 cm³/mol. The molecule has 0 aromatic heterocycles. The molecule has 25 heavy (non-hydrogen) atoms. The summed E-state index contributed by atoms with van der Waals surface area (Å²) < 4.78 is 10.1. The van der Waals surface area contributed by atoms with E-state index in [9.17, 15) is 9.59 Å². The first-order valence-corrected chi connectivity index (χ1v) is 8.18. The van der Waals surface area contributed by atoms with E-state index in [0.717, 1.165) is 16.9 Å². The number of carbonyl (C=O) groups is 2. The van der Waals surface area contributed by atoms with Gasteiger partial charge in [-0.3, -0.25) is 9.59 Å². The molecule has 5 heteroatoms. The molecule has 0 heterocycles. The molecule has 5 nitrogen and oxygen atoms in total. The molecule has 0 bridgehead atoms. The van der Waals surface area contributed by atoms with Crippen LogP contribution >= 0.6 is 0 Å². The van der Waals surface area contributed by atoms with Crippen LogP contribution in [-0.4, -0.2) is 32.1 Å².